The third-order valence-electron chi connectivity index (χ3n) is 10.9. The molecule has 0 bridgehead atoms. The van der Waals surface area contributed by atoms with Gasteiger partial charge in [0.05, 0.1) is 5.69 Å². The first kappa shape index (κ1) is 31.6. The van der Waals surface area contributed by atoms with Crippen molar-refractivity contribution in [3.63, 3.8) is 0 Å². The highest BCUT2D eigenvalue weighted by atomic mass is 32.1. The van der Waals surface area contributed by atoms with Gasteiger partial charge in [0.25, 0.3) is 0 Å². The Hall–Kier alpha value is -6.94. The van der Waals surface area contributed by atoms with Gasteiger partial charge >= 0.3 is 0 Å². The monoisotopic (exact) mass is 719 g/mol. The number of hydrogen-bond acceptors (Lipinski definition) is 3. The van der Waals surface area contributed by atoms with E-state index < -0.39 is 0 Å². The largest absolute Gasteiger partial charge is 0.456 e. The zero-order valence-corrected chi connectivity index (χ0v) is 30.6. The van der Waals surface area contributed by atoms with Crippen molar-refractivity contribution in [2.45, 2.75) is 0 Å². The zero-order chi connectivity index (χ0) is 36.3. The van der Waals surface area contributed by atoms with Gasteiger partial charge in [-0.3, -0.25) is 0 Å². The van der Waals surface area contributed by atoms with E-state index in [0.29, 0.717) is 0 Å². The number of anilines is 3. The molecule has 3 heteroatoms. The van der Waals surface area contributed by atoms with Crippen LogP contribution in [0.3, 0.4) is 0 Å². The fraction of sp³-hybridized carbons (Fsp3) is 0. The molecular weight excluding hydrogens is 687 g/mol. The molecule has 0 aliphatic rings. The highest BCUT2D eigenvalue weighted by Crippen LogP contribution is 2.44. The van der Waals surface area contributed by atoms with Crippen LogP contribution in [-0.2, 0) is 0 Å². The lowest BCUT2D eigenvalue weighted by atomic mass is 9.98. The Kier molecular flexibility index (Phi) is 7.39. The molecule has 0 unspecified atom stereocenters. The number of para-hydroxylation sites is 2. The molecule has 0 saturated carbocycles. The molecule has 258 valence electrons. The fourth-order valence-corrected chi connectivity index (χ4v) is 9.22. The van der Waals surface area contributed by atoms with Crippen molar-refractivity contribution in [1.29, 1.82) is 0 Å². The van der Waals surface area contributed by atoms with E-state index in [-0.39, 0.29) is 0 Å². The van der Waals surface area contributed by atoms with E-state index >= 15 is 0 Å². The lowest BCUT2D eigenvalue weighted by Crippen LogP contribution is -2.11. The van der Waals surface area contributed by atoms with Gasteiger partial charge in [-0.15, -0.1) is 11.3 Å². The summed E-state index contributed by atoms with van der Waals surface area (Å²) < 4.78 is 8.88. The second-order valence-electron chi connectivity index (χ2n) is 14.1. The molecule has 2 aromatic heterocycles. The number of thiophene rings is 1. The van der Waals surface area contributed by atoms with Crippen LogP contribution in [0.1, 0.15) is 0 Å². The molecule has 0 fully saturated rings. The summed E-state index contributed by atoms with van der Waals surface area (Å²) in [7, 11) is 0. The van der Waals surface area contributed by atoms with Gasteiger partial charge in [0.1, 0.15) is 11.2 Å². The number of furan rings is 1. The van der Waals surface area contributed by atoms with Crippen LogP contribution in [0, 0.1) is 0 Å². The van der Waals surface area contributed by atoms with E-state index in [0.717, 1.165) is 50.1 Å². The molecule has 0 aliphatic carbocycles. The van der Waals surface area contributed by atoms with E-state index in [1.54, 1.807) is 0 Å². The van der Waals surface area contributed by atoms with Crippen molar-refractivity contribution >= 4 is 81.3 Å². The van der Waals surface area contributed by atoms with Crippen LogP contribution < -0.4 is 4.90 Å². The minimum atomic E-state index is 0.902. The Balaban J connectivity index is 1.05. The van der Waals surface area contributed by atoms with Gasteiger partial charge in [-0.05, 0) is 111 Å². The first-order valence-electron chi connectivity index (χ1n) is 18.7. The molecule has 2 nitrogen and oxygen atoms in total. The first-order chi connectivity index (χ1) is 27.2. The van der Waals surface area contributed by atoms with Crippen LogP contribution in [0.2, 0.25) is 0 Å². The van der Waals surface area contributed by atoms with Gasteiger partial charge in [0.2, 0.25) is 0 Å². The molecule has 0 radical (unpaired) electrons. The normalized spacial score (nSPS) is 11.6. The van der Waals surface area contributed by atoms with Gasteiger partial charge in [-0.2, -0.15) is 0 Å². The minimum Gasteiger partial charge on any atom is -0.456 e. The van der Waals surface area contributed by atoms with Crippen molar-refractivity contribution in [1.82, 2.24) is 0 Å². The smallest absolute Gasteiger partial charge is 0.136 e. The molecule has 0 amide bonds. The van der Waals surface area contributed by atoms with E-state index in [4.69, 9.17) is 4.42 Å². The summed E-state index contributed by atoms with van der Waals surface area (Å²) in [6.07, 6.45) is 0. The molecule has 0 aliphatic heterocycles. The Bertz CT molecular complexity index is 3220. The predicted molar refractivity (Wildman–Crippen MR) is 235 cm³/mol. The van der Waals surface area contributed by atoms with Crippen molar-refractivity contribution in [3.8, 4) is 33.4 Å². The maximum Gasteiger partial charge on any atom is 0.136 e. The summed E-state index contributed by atoms with van der Waals surface area (Å²) in [4.78, 5) is 2.40. The quantitative estimate of drug-likeness (QED) is 0.170. The van der Waals surface area contributed by atoms with Gasteiger partial charge in [0.15, 0.2) is 0 Å². The van der Waals surface area contributed by atoms with Gasteiger partial charge < -0.3 is 9.32 Å². The number of fused-ring (bicyclic) bond motifs is 7. The Morgan fingerprint density at radius 3 is 1.95 bits per heavy atom. The molecule has 0 N–H and O–H groups in total. The fourth-order valence-electron chi connectivity index (χ4n) is 8.14. The summed E-state index contributed by atoms with van der Waals surface area (Å²) in [6.45, 7) is 0. The highest BCUT2D eigenvalue weighted by molar-refractivity contribution is 7.25. The zero-order valence-electron chi connectivity index (χ0n) is 29.8. The van der Waals surface area contributed by atoms with Crippen LogP contribution in [0.25, 0.3) is 86.3 Å². The molecule has 9 aromatic carbocycles. The second-order valence-corrected chi connectivity index (χ2v) is 15.2. The maximum absolute atomic E-state index is 6.26. The van der Waals surface area contributed by atoms with Gasteiger partial charge in [-0.25, -0.2) is 0 Å². The molecular formula is C52H33NOS. The Morgan fingerprint density at radius 2 is 1.02 bits per heavy atom. The lowest BCUT2D eigenvalue weighted by Gasteiger charge is -2.28. The van der Waals surface area contributed by atoms with Crippen molar-refractivity contribution < 1.29 is 4.42 Å². The minimum absolute atomic E-state index is 0.902. The van der Waals surface area contributed by atoms with E-state index in [2.05, 4.69) is 193 Å². The summed E-state index contributed by atoms with van der Waals surface area (Å²) in [5.74, 6) is 0. The highest BCUT2D eigenvalue weighted by Gasteiger charge is 2.19. The van der Waals surface area contributed by atoms with Crippen molar-refractivity contribution in [3.05, 3.63) is 200 Å². The summed E-state index contributed by atoms with van der Waals surface area (Å²) >= 11 is 1.85. The van der Waals surface area contributed by atoms with E-state index in [1.807, 2.05) is 23.5 Å². The molecule has 11 aromatic rings. The number of nitrogens with zero attached hydrogens (tertiary/aromatic N) is 1. The molecule has 0 spiro atoms. The Labute approximate surface area is 322 Å². The van der Waals surface area contributed by atoms with E-state index in [9.17, 15) is 0 Å². The van der Waals surface area contributed by atoms with Crippen molar-refractivity contribution in [2.75, 3.05) is 4.90 Å². The summed E-state index contributed by atoms with van der Waals surface area (Å²) in [5.41, 5.74) is 12.1. The maximum atomic E-state index is 6.26. The number of benzene rings is 9. The molecule has 0 saturated heterocycles. The lowest BCUT2D eigenvalue weighted by molar-refractivity contribution is 0.669. The third-order valence-corrected chi connectivity index (χ3v) is 12.0. The number of rotatable bonds is 6. The molecule has 2 heterocycles. The van der Waals surface area contributed by atoms with E-state index in [1.165, 1.54) is 53.2 Å². The van der Waals surface area contributed by atoms with Crippen LogP contribution in [-0.4, -0.2) is 0 Å². The van der Waals surface area contributed by atoms with Crippen molar-refractivity contribution in [2.24, 2.45) is 0 Å². The average Bonchev–Trinajstić information content (AvgIpc) is 3.82. The van der Waals surface area contributed by atoms with Crippen LogP contribution in [0.5, 0.6) is 0 Å². The third kappa shape index (κ3) is 5.48. The van der Waals surface area contributed by atoms with Crippen LogP contribution >= 0.6 is 11.3 Å². The molecule has 55 heavy (non-hydrogen) atoms. The summed E-state index contributed by atoms with van der Waals surface area (Å²) in [6, 6.07) is 72.4. The van der Waals surface area contributed by atoms with Gasteiger partial charge in [-0.1, -0.05) is 127 Å². The summed E-state index contributed by atoms with van der Waals surface area (Å²) in [5, 5.41) is 7.36. The first-order valence-corrected chi connectivity index (χ1v) is 19.5. The standard InChI is InChI=1S/C52H33NOS/c1-2-11-36-30-38(21-20-34(36)10-1)37-12-9-13-42(31-37)53(41-26-22-35(23-27-41)39-24-28-45-44-15-4-7-18-49(44)54-50(45)33-39)48-17-6-3-14-43(48)40-25-29-52-47(32-40)46-16-5-8-19-51(46)55-52/h1-33H. The average molecular weight is 720 g/mol. The van der Waals surface area contributed by atoms with Crippen LogP contribution in [0.4, 0.5) is 17.1 Å². The Morgan fingerprint density at radius 1 is 0.345 bits per heavy atom. The SMILES string of the molecule is c1cc(-c2ccc3ccccc3c2)cc(N(c2ccc(-c3ccc4c(c3)oc3ccccc34)cc2)c2ccccc2-c2ccc3sc4ccccc4c3c2)c1. The van der Waals surface area contributed by atoms with Gasteiger partial charge in [0, 0.05) is 47.9 Å². The van der Waals surface area contributed by atoms with Crippen LogP contribution in [0.15, 0.2) is 205 Å². The predicted octanol–water partition coefficient (Wildman–Crippen LogP) is 15.6. The topological polar surface area (TPSA) is 16.4 Å². The second kappa shape index (κ2) is 12.9. The molecule has 11 rings (SSSR count). The molecule has 0 atom stereocenters. The number of hydrogen-bond donors (Lipinski definition) is 0.